The van der Waals surface area contributed by atoms with Gasteiger partial charge in [-0.3, -0.25) is 0 Å². The zero-order valence-corrected chi connectivity index (χ0v) is 10.6. The Bertz CT molecular complexity index is 173. The second kappa shape index (κ2) is 5.86. The van der Waals surface area contributed by atoms with Crippen LogP contribution in [0.3, 0.4) is 0 Å². The fourth-order valence-corrected chi connectivity index (χ4v) is 2.16. The highest BCUT2D eigenvalue weighted by molar-refractivity contribution is 4.79. The topological polar surface area (TPSA) is 23.5 Å². The van der Waals surface area contributed by atoms with Gasteiger partial charge in [-0.25, -0.2) is 0 Å². The SMILES string of the molecule is CCN(CC1CCC1)CC(C)(CC)CO. The van der Waals surface area contributed by atoms with Crippen molar-refractivity contribution in [1.82, 2.24) is 4.90 Å². The Kier molecular flexibility index (Phi) is 5.07. The third-order valence-corrected chi connectivity index (χ3v) is 4.03. The van der Waals surface area contributed by atoms with Gasteiger partial charge < -0.3 is 10.0 Å². The van der Waals surface area contributed by atoms with Crippen LogP contribution in [-0.2, 0) is 0 Å². The molecule has 0 aromatic rings. The van der Waals surface area contributed by atoms with Gasteiger partial charge in [0.15, 0.2) is 0 Å². The van der Waals surface area contributed by atoms with Gasteiger partial charge in [-0.2, -0.15) is 0 Å². The smallest absolute Gasteiger partial charge is 0.0496 e. The maximum Gasteiger partial charge on any atom is 0.0496 e. The van der Waals surface area contributed by atoms with Crippen LogP contribution in [0.15, 0.2) is 0 Å². The van der Waals surface area contributed by atoms with Crippen molar-refractivity contribution in [3.8, 4) is 0 Å². The first-order chi connectivity index (χ1) is 7.13. The molecule has 0 spiro atoms. The standard InChI is InChI=1S/C13H27NO/c1-4-13(3,11-15)10-14(5-2)9-12-7-6-8-12/h12,15H,4-11H2,1-3H3. The van der Waals surface area contributed by atoms with Crippen molar-refractivity contribution in [2.24, 2.45) is 11.3 Å². The maximum atomic E-state index is 9.41. The first-order valence-electron chi connectivity index (χ1n) is 6.46. The largest absolute Gasteiger partial charge is 0.396 e. The van der Waals surface area contributed by atoms with Crippen LogP contribution in [0.2, 0.25) is 0 Å². The lowest BCUT2D eigenvalue weighted by atomic mass is 9.83. The van der Waals surface area contributed by atoms with Gasteiger partial charge >= 0.3 is 0 Å². The molecule has 0 heterocycles. The first kappa shape index (κ1) is 13.0. The van der Waals surface area contributed by atoms with Crippen molar-refractivity contribution < 1.29 is 5.11 Å². The van der Waals surface area contributed by atoms with E-state index in [-0.39, 0.29) is 5.41 Å². The molecular formula is C13H27NO. The molecule has 2 nitrogen and oxygen atoms in total. The number of aliphatic hydroxyl groups excluding tert-OH is 1. The molecule has 0 amide bonds. The lowest BCUT2D eigenvalue weighted by molar-refractivity contribution is 0.0708. The van der Waals surface area contributed by atoms with Gasteiger partial charge in [0.25, 0.3) is 0 Å². The van der Waals surface area contributed by atoms with Crippen molar-refractivity contribution >= 4 is 0 Å². The molecule has 1 N–H and O–H groups in total. The summed E-state index contributed by atoms with van der Waals surface area (Å²) in [7, 11) is 0. The third kappa shape index (κ3) is 3.76. The molecule has 1 fully saturated rings. The summed E-state index contributed by atoms with van der Waals surface area (Å²) >= 11 is 0. The highest BCUT2D eigenvalue weighted by Gasteiger charge is 2.26. The maximum absolute atomic E-state index is 9.41. The van der Waals surface area contributed by atoms with Crippen LogP contribution in [-0.4, -0.2) is 36.2 Å². The zero-order valence-electron chi connectivity index (χ0n) is 10.6. The Balaban J connectivity index is 2.36. The van der Waals surface area contributed by atoms with Crippen LogP contribution in [0.25, 0.3) is 0 Å². The molecule has 1 saturated carbocycles. The molecule has 0 saturated heterocycles. The van der Waals surface area contributed by atoms with Crippen molar-refractivity contribution in [2.45, 2.75) is 46.5 Å². The van der Waals surface area contributed by atoms with E-state index in [0.29, 0.717) is 6.61 Å². The van der Waals surface area contributed by atoms with Gasteiger partial charge in [0, 0.05) is 25.1 Å². The highest BCUT2D eigenvalue weighted by Crippen LogP contribution is 2.29. The Hall–Kier alpha value is -0.0800. The monoisotopic (exact) mass is 213 g/mol. The lowest BCUT2D eigenvalue weighted by Gasteiger charge is -2.37. The molecule has 0 aliphatic heterocycles. The molecule has 90 valence electrons. The van der Waals surface area contributed by atoms with Gasteiger partial charge in [0.2, 0.25) is 0 Å². The second-order valence-electron chi connectivity index (χ2n) is 5.45. The predicted molar refractivity (Wildman–Crippen MR) is 64.9 cm³/mol. The summed E-state index contributed by atoms with van der Waals surface area (Å²) in [5.74, 6) is 0.935. The zero-order chi connectivity index (χ0) is 11.3. The number of nitrogens with zero attached hydrogens (tertiary/aromatic N) is 1. The number of hydrogen-bond donors (Lipinski definition) is 1. The summed E-state index contributed by atoms with van der Waals surface area (Å²) in [5.41, 5.74) is 0.0970. The van der Waals surface area contributed by atoms with Gasteiger partial charge in [0.1, 0.15) is 0 Å². The summed E-state index contributed by atoms with van der Waals surface area (Å²) in [6.07, 6.45) is 5.31. The normalized spacial score (nSPS) is 21.4. The first-order valence-corrected chi connectivity index (χ1v) is 6.46. The van der Waals surface area contributed by atoms with Crippen LogP contribution in [0, 0.1) is 11.3 Å². The van der Waals surface area contributed by atoms with Crippen LogP contribution in [0.1, 0.15) is 46.5 Å². The van der Waals surface area contributed by atoms with E-state index in [1.807, 2.05) is 0 Å². The molecule has 2 heteroatoms. The third-order valence-electron chi connectivity index (χ3n) is 4.03. The Labute approximate surface area is 94.7 Å². The Morgan fingerprint density at radius 2 is 2.00 bits per heavy atom. The highest BCUT2D eigenvalue weighted by atomic mass is 16.3. The average Bonchev–Trinajstić information content (AvgIpc) is 2.21. The molecular weight excluding hydrogens is 186 g/mol. The Morgan fingerprint density at radius 1 is 1.33 bits per heavy atom. The van der Waals surface area contributed by atoms with E-state index in [1.165, 1.54) is 25.8 Å². The van der Waals surface area contributed by atoms with E-state index in [2.05, 4.69) is 25.7 Å². The predicted octanol–water partition coefficient (Wildman–Crippen LogP) is 2.52. The quantitative estimate of drug-likeness (QED) is 0.702. The van der Waals surface area contributed by atoms with Gasteiger partial charge in [-0.05, 0) is 31.7 Å². The van der Waals surface area contributed by atoms with Crippen LogP contribution < -0.4 is 0 Å². The molecule has 1 aliphatic carbocycles. The fraction of sp³-hybridized carbons (Fsp3) is 1.00. The van der Waals surface area contributed by atoms with Gasteiger partial charge in [-0.15, -0.1) is 0 Å². The van der Waals surface area contributed by atoms with E-state index in [0.717, 1.165) is 25.4 Å². The molecule has 0 bridgehead atoms. The number of hydrogen-bond acceptors (Lipinski definition) is 2. The molecule has 0 aromatic heterocycles. The van der Waals surface area contributed by atoms with E-state index < -0.39 is 0 Å². The van der Waals surface area contributed by atoms with E-state index >= 15 is 0 Å². The molecule has 15 heavy (non-hydrogen) atoms. The number of rotatable bonds is 7. The van der Waals surface area contributed by atoms with E-state index in [4.69, 9.17) is 0 Å². The van der Waals surface area contributed by atoms with Gasteiger partial charge in [-0.1, -0.05) is 27.2 Å². The summed E-state index contributed by atoms with van der Waals surface area (Å²) in [4.78, 5) is 2.52. The number of aliphatic hydroxyl groups is 1. The molecule has 1 aliphatic rings. The van der Waals surface area contributed by atoms with Gasteiger partial charge in [0.05, 0.1) is 0 Å². The molecule has 0 aromatic carbocycles. The minimum Gasteiger partial charge on any atom is -0.396 e. The summed E-state index contributed by atoms with van der Waals surface area (Å²) in [5, 5.41) is 9.41. The van der Waals surface area contributed by atoms with Crippen molar-refractivity contribution in [2.75, 3.05) is 26.2 Å². The minimum atomic E-state index is 0.0970. The summed E-state index contributed by atoms with van der Waals surface area (Å²) in [6.45, 7) is 10.3. The van der Waals surface area contributed by atoms with Crippen molar-refractivity contribution in [3.05, 3.63) is 0 Å². The molecule has 1 rings (SSSR count). The molecule has 1 unspecified atom stereocenters. The molecule has 1 atom stereocenters. The van der Waals surface area contributed by atoms with Crippen LogP contribution in [0.5, 0.6) is 0 Å². The Morgan fingerprint density at radius 3 is 2.33 bits per heavy atom. The van der Waals surface area contributed by atoms with Crippen LogP contribution in [0.4, 0.5) is 0 Å². The minimum absolute atomic E-state index is 0.0970. The van der Waals surface area contributed by atoms with E-state index in [9.17, 15) is 5.11 Å². The van der Waals surface area contributed by atoms with E-state index in [1.54, 1.807) is 0 Å². The van der Waals surface area contributed by atoms with Crippen molar-refractivity contribution in [1.29, 1.82) is 0 Å². The van der Waals surface area contributed by atoms with Crippen LogP contribution >= 0.6 is 0 Å². The van der Waals surface area contributed by atoms with Crippen molar-refractivity contribution in [3.63, 3.8) is 0 Å². The fourth-order valence-electron chi connectivity index (χ4n) is 2.16. The average molecular weight is 213 g/mol. The lowest BCUT2D eigenvalue weighted by Crippen LogP contribution is -2.41. The summed E-state index contributed by atoms with van der Waals surface area (Å²) in [6, 6.07) is 0. The summed E-state index contributed by atoms with van der Waals surface area (Å²) < 4.78 is 0. The second-order valence-corrected chi connectivity index (χ2v) is 5.45. The molecule has 0 radical (unpaired) electrons.